The Labute approximate surface area is 190 Å². The summed E-state index contributed by atoms with van der Waals surface area (Å²) >= 11 is 0. The number of benzene rings is 2. The zero-order valence-electron chi connectivity index (χ0n) is 17.7. The van der Waals surface area contributed by atoms with Crippen molar-refractivity contribution in [1.82, 2.24) is 19.5 Å². The fraction of sp³-hybridized carbons (Fsp3) is 0.250. The standard InChI is InChI=1S/C24H23N5O4/c30-18-11-20(33-19(18)13-32-12-16-7-3-1-4-8-16)29-15-27-21-22(25-14-26-23(21)29)28-24(31)17-9-5-2-6-10-17/h1-10,14-15,18-20,30H,11-13H2,(H,25,26,28,31). The minimum Gasteiger partial charge on any atom is -0.390 e. The summed E-state index contributed by atoms with van der Waals surface area (Å²) in [5, 5.41) is 13.3. The van der Waals surface area contributed by atoms with E-state index in [1.54, 1.807) is 35.2 Å². The fourth-order valence-corrected chi connectivity index (χ4v) is 3.83. The van der Waals surface area contributed by atoms with Crippen LogP contribution in [0.1, 0.15) is 28.6 Å². The molecule has 2 aromatic heterocycles. The number of anilines is 1. The van der Waals surface area contributed by atoms with Gasteiger partial charge in [-0.2, -0.15) is 0 Å². The Morgan fingerprint density at radius 1 is 1.09 bits per heavy atom. The van der Waals surface area contributed by atoms with E-state index in [2.05, 4.69) is 20.3 Å². The van der Waals surface area contributed by atoms with Gasteiger partial charge in [0.2, 0.25) is 0 Å². The second kappa shape index (κ2) is 9.45. The van der Waals surface area contributed by atoms with Crippen LogP contribution < -0.4 is 5.32 Å². The zero-order chi connectivity index (χ0) is 22.6. The van der Waals surface area contributed by atoms with Crippen molar-refractivity contribution in [2.24, 2.45) is 0 Å². The molecule has 1 amide bonds. The average molecular weight is 445 g/mol. The fourth-order valence-electron chi connectivity index (χ4n) is 3.83. The van der Waals surface area contributed by atoms with Gasteiger partial charge in [0.1, 0.15) is 18.7 Å². The number of rotatable bonds is 7. The van der Waals surface area contributed by atoms with Crippen molar-refractivity contribution in [2.75, 3.05) is 11.9 Å². The van der Waals surface area contributed by atoms with Gasteiger partial charge in [-0.15, -0.1) is 0 Å². The number of carbonyl (C=O) groups is 1. The Morgan fingerprint density at radius 2 is 1.85 bits per heavy atom. The number of aromatic nitrogens is 4. The molecule has 0 aliphatic carbocycles. The van der Waals surface area contributed by atoms with Gasteiger partial charge in [-0.3, -0.25) is 9.36 Å². The van der Waals surface area contributed by atoms with Crippen molar-refractivity contribution < 1.29 is 19.4 Å². The summed E-state index contributed by atoms with van der Waals surface area (Å²) in [6.45, 7) is 0.719. The highest BCUT2D eigenvalue weighted by Crippen LogP contribution is 2.32. The van der Waals surface area contributed by atoms with E-state index < -0.39 is 18.4 Å². The largest absolute Gasteiger partial charge is 0.390 e. The highest BCUT2D eigenvalue weighted by Gasteiger charge is 2.36. The van der Waals surface area contributed by atoms with Gasteiger partial charge in [0.15, 0.2) is 17.0 Å². The third-order valence-corrected chi connectivity index (χ3v) is 5.53. The molecule has 0 saturated carbocycles. The number of hydrogen-bond donors (Lipinski definition) is 2. The lowest BCUT2D eigenvalue weighted by atomic mass is 10.2. The van der Waals surface area contributed by atoms with Crippen molar-refractivity contribution in [3.8, 4) is 0 Å². The first-order valence-corrected chi connectivity index (χ1v) is 10.7. The van der Waals surface area contributed by atoms with Crippen molar-refractivity contribution in [2.45, 2.75) is 31.5 Å². The van der Waals surface area contributed by atoms with Crippen molar-refractivity contribution in [3.63, 3.8) is 0 Å². The van der Waals surface area contributed by atoms with E-state index >= 15 is 0 Å². The molecule has 3 unspecified atom stereocenters. The second-order valence-electron chi connectivity index (χ2n) is 7.80. The van der Waals surface area contributed by atoms with Gasteiger partial charge in [0.05, 0.1) is 25.6 Å². The predicted octanol–water partition coefficient (Wildman–Crippen LogP) is 2.94. The van der Waals surface area contributed by atoms with E-state index in [4.69, 9.17) is 9.47 Å². The SMILES string of the molecule is O=C(Nc1ncnc2c1ncn2C1CC(O)C(COCc2ccccc2)O1)c1ccccc1. The van der Waals surface area contributed by atoms with Crippen molar-refractivity contribution in [1.29, 1.82) is 0 Å². The van der Waals surface area contributed by atoms with E-state index in [1.165, 1.54) is 6.33 Å². The number of imidazole rings is 1. The van der Waals surface area contributed by atoms with Crippen LogP contribution in [-0.4, -0.2) is 49.3 Å². The molecule has 1 aliphatic heterocycles. The highest BCUT2D eigenvalue weighted by molar-refractivity contribution is 6.06. The molecule has 1 fully saturated rings. The molecule has 0 radical (unpaired) electrons. The maximum Gasteiger partial charge on any atom is 0.256 e. The molecule has 168 valence electrons. The average Bonchev–Trinajstić information content (AvgIpc) is 3.44. The molecule has 5 rings (SSSR count). The number of carbonyl (C=O) groups excluding carboxylic acids is 1. The predicted molar refractivity (Wildman–Crippen MR) is 120 cm³/mol. The number of hydrogen-bond acceptors (Lipinski definition) is 7. The normalized spacial score (nSPS) is 20.2. The quantitative estimate of drug-likeness (QED) is 0.450. The van der Waals surface area contributed by atoms with Gasteiger partial charge < -0.3 is 19.9 Å². The molecular formula is C24H23N5O4. The molecule has 0 spiro atoms. The second-order valence-corrected chi connectivity index (χ2v) is 7.80. The number of nitrogens with one attached hydrogen (secondary N) is 1. The number of nitrogens with zero attached hydrogens (tertiary/aromatic N) is 4. The molecular weight excluding hydrogens is 422 g/mol. The number of ether oxygens (including phenoxy) is 2. The molecule has 9 heteroatoms. The Morgan fingerprint density at radius 3 is 2.64 bits per heavy atom. The Balaban J connectivity index is 1.27. The Kier molecular flexibility index (Phi) is 6.07. The van der Waals surface area contributed by atoms with E-state index in [9.17, 15) is 9.90 Å². The lowest BCUT2D eigenvalue weighted by Gasteiger charge is -2.16. The molecule has 1 saturated heterocycles. The van der Waals surface area contributed by atoms with Crippen LogP contribution in [0, 0.1) is 0 Å². The first kappa shape index (κ1) is 21.2. The van der Waals surface area contributed by atoms with Crippen LogP contribution in [0.5, 0.6) is 0 Å². The van der Waals surface area contributed by atoms with E-state index in [0.717, 1.165) is 5.56 Å². The van der Waals surface area contributed by atoms with E-state index in [1.807, 2.05) is 36.4 Å². The zero-order valence-corrected chi connectivity index (χ0v) is 17.7. The van der Waals surface area contributed by atoms with Gasteiger partial charge in [0.25, 0.3) is 5.91 Å². The topological polar surface area (TPSA) is 111 Å². The summed E-state index contributed by atoms with van der Waals surface area (Å²) in [6.07, 6.45) is 1.73. The van der Waals surface area contributed by atoms with Gasteiger partial charge in [0, 0.05) is 12.0 Å². The Bertz CT molecular complexity index is 1230. The molecule has 4 aromatic rings. The molecule has 33 heavy (non-hydrogen) atoms. The summed E-state index contributed by atoms with van der Waals surface area (Å²) in [5.74, 6) is 0.0298. The maximum atomic E-state index is 12.5. The third-order valence-electron chi connectivity index (χ3n) is 5.53. The molecule has 3 heterocycles. The first-order chi connectivity index (χ1) is 16.2. The monoisotopic (exact) mass is 445 g/mol. The van der Waals surface area contributed by atoms with Gasteiger partial charge in [-0.1, -0.05) is 48.5 Å². The van der Waals surface area contributed by atoms with Crippen LogP contribution in [0.3, 0.4) is 0 Å². The van der Waals surface area contributed by atoms with Crippen molar-refractivity contribution >= 4 is 22.9 Å². The highest BCUT2D eigenvalue weighted by atomic mass is 16.6. The minimum absolute atomic E-state index is 0.270. The summed E-state index contributed by atoms with van der Waals surface area (Å²) in [4.78, 5) is 25.4. The third kappa shape index (κ3) is 4.61. The number of amides is 1. The minimum atomic E-state index is -0.678. The van der Waals surface area contributed by atoms with Crippen LogP contribution in [0.15, 0.2) is 73.3 Å². The van der Waals surface area contributed by atoms with Crippen LogP contribution in [0.4, 0.5) is 5.82 Å². The molecule has 0 bridgehead atoms. The van der Waals surface area contributed by atoms with Crippen LogP contribution in [0.25, 0.3) is 11.2 Å². The number of fused-ring (bicyclic) bond motifs is 1. The maximum absolute atomic E-state index is 12.5. The smallest absolute Gasteiger partial charge is 0.256 e. The number of aliphatic hydroxyl groups is 1. The van der Waals surface area contributed by atoms with Gasteiger partial charge in [-0.05, 0) is 17.7 Å². The molecule has 3 atom stereocenters. The van der Waals surface area contributed by atoms with Crippen molar-refractivity contribution in [3.05, 3.63) is 84.4 Å². The van der Waals surface area contributed by atoms with Gasteiger partial charge in [-0.25, -0.2) is 15.0 Å². The summed E-state index contributed by atoms with van der Waals surface area (Å²) in [6, 6.07) is 18.7. The molecule has 2 aromatic carbocycles. The van der Waals surface area contributed by atoms with Gasteiger partial charge >= 0.3 is 0 Å². The summed E-state index contributed by atoms with van der Waals surface area (Å²) in [5.41, 5.74) is 2.54. The summed E-state index contributed by atoms with van der Waals surface area (Å²) in [7, 11) is 0. The van der Waals surface area contributed by atoms with Crippen LogP contribution in [0.2, 0.25) is 0 Å². The lowest BCUT2D eigenvalue weighted by Crippen LogP contribution is -2.26. The van der Waals surface area contributed by atoms with Crippen LogP contribution >= 0.6 is 0 Å². The van der Waals surface area contributed by atoms with Crippen LogP contribution in [-0.2, 0) is 16.1 Å². The van der Waals surface area contributed by atoms with E-state index in [-0.39, 0.29) is 12.5 Å². The molecule has 9 nitrogen and oxygen atoms in total. The lowest BCUT2D eigenvalue weighted by molar-refractivity contribution is -0.0646. The number of aliphatic hydroxyl groups excluding tert-OH is 1. The molecule has 1 aliphatic rings. The Hall–Kier alpha value is -3.66. The summed E-state index contributed by atoms with van der Waals surface area (Å²) < 4.78 is 13.5. The van der Waals surface area contributed by atoms with E-state index in [0.29, 0.717) is 35.6 Å². The first-order valence-electron chi connectivity index (χ1n) is 10.7. The molecule has 2 N–H and O–H groups in total.